The Morgan fingerprint density at radius 2 is 2.25 bits per heavy atom. The first-order chi connectivity index (χ1) is 9.63. The molecule has 0 unspecified atom stereocenters. The summed E-state index contributed by atoms with van der Waals surface area (Å²) in [4.78, 5) is 16.1. The van der Waals surface area contributed by atoms with Gasteiger partial charge in [-0.3, -0.25) is 14.5 Å². The summed E-state index contributed by atoms with van der Waals surface area (Å²) in [6.07, 6.45) is 4.38. The topological polar surface area (TPSA) is 85.8 Å². The molecule has 106 valence electrons. The largest absolute Gasteiger partial charge is 0.346 e. The van der Waals surface area contributed by atoms with Crippen LogP contribution in [0.25, 0.3) is 0 Å². The fourth-order valence-corrected chi connectivity index (χ4v) is 1.97. The fourth-order valence-electron chi connectivity index (χ4n) is 1.97. The van der Waals surface area contributed by atoms with Crippen molar-refractivity contribution in [1.82, 2.24) is 20.1 Å². The van der Waals surface area contributed by atoms with E-state index in [1.54, 1.807) is 16.9 Å². The molecular weight excluding hydrogens is 254 g/mol. The molecule has 0 bridgehead atoms. The van der Waals surface area contributed by atoms with Crippen molar-refractivity contribution in [1.29, 1.82) is 0 Å². The number of pyridine rings is 1. The molecule has 0 aliphatic rings. The molecule has 0 aliphatic carbocycles. The number of nitrogens with two attached hydrogens (primary N) is 1. The third-order valence-corrected chi connectivity index (χ3v) is 3.06. The van der Waals surface area contributed by atoms with Crippen molar-refractivity contribution in [3.63, 3.8) is 0 Å². The molecule has 2 aromatic heterocycles. The van der Waals surface area contributed by atoms with E-state index >= 15 is 0 Å². The fraction of sp³-hybridized carbons (Fsp3) is 0.357. The predicted octanol–water partition coefficient (Wildman–Crippen LogP) is 0.766. The molecule has 3 N–H and O–H groups in total. The minimum absolute atomic E-state index is 0.195. The van der Waals surface area contributed by atoms with E-state index in [0.29, 0.717) is 18.8 Å². The van der Waals surface area contributed by atoms with Crippen LogP contribution >= 0.6 is 0 Å². The molecule has 1 amide bonds. The van der Waals surface area contributed by atoms with Crippen molar-refractivity contribution in [2.24, 2.45) is 12.8 Å². The summed E-state index contributed by atoms with van der Waals surface area (Å²) >= 11 is 0. The Labute approximate surface area is 118 Å². The minimum atomic E-state index is -0.195. The summed E-state index contributed by atoms with van der Waals surface area (Å²) in [5.74, 6) is -0.195. The summed E-state index contributed by atoms with van der Waals surface area (Å²) in [6, 6.07) is 3.49. The van der Waals surface area contributed by atoms with Crippen LogP contribution in [0, 0.1) is 0 Å². The van der Waals surface area contributed by atoms with Crippen molar-refractivity contribution >= 4 is 5.91 Å². The summed E-state index contributed by atoms with van der Waals surface area (Å²) in [6.45, 7) is 2.92. The highest BCUT2D eigenvalue weighted by Gasteiger charge is 2.10. The van der Waals surface area contributed by atoms with E-state index in [1.807, 2.05) is 26.2 Å². The Morgan fingerprint density at radius 1 is 1.45 bits per heavy atom. The summed E-state index contributed by atoms with van der Waals surface area (Å²) in [7, 11) is 1.87. The molecule has 0 saturated carbocycles. The van der Waals surface area contributed by atoms with Crippen molar-refractivity contribution in [3.05, 3.63) is 47.0 Å². The first-order valence-electron chi connectivity index (χ1n) is 6.58. The lowest BCUT2D eigenvalue weighted by Gasteiger charge is -2.05. The SMILES string of the molecule is CCc1nn(C)cc1CNC(=O)c1ccc(CN)cn1. The first kappa shape index (κ1) is 14.2. The highest BCUT2D eigenvalue weighted by atomic mass is 16.1. The number of carbonyl (C=O) groups is 1. The maximum absolute atomic E-state index is 12.0. The van der Waals surface area contributed by atoms with Crippen molar-refractivity contribution in [3.8, 4) is 0 Å². The molecule has 0 aromatic carbocycles. The number of aromatic nitrogens is 3. The number of amides is 1. The van der Waals surface area contributed by atoms with Gasteiger partial charge in [0.15, 0.2) is 0 Å². The molecule has 0 aliphatic heterocycles. The van der Waals surface area contributed by atoms with E-state index in [0.717, 1.165) is 23.2 Å². The number of carbonyl (C=O) groups excluding carboxylic acids is 1. The summed E-state index contributed by atoms with van der Waals surface area (Å²) < 4.78 is 1.76. The van der Waals surface area contributed by atoms with Gasteiger partial charge in [-0.25, -0.2) is 0 Å². The maximum atomic E-state index is 12.0. The predicted molar refractivity (Wildman–Crippen MR) is 75.9 cm³/mol. The van der Waals surface area contributed by atoms with E-state index in [4.69, 9.17) is 5.73 Å². The van der Waals surface area contributed by atoms with Gasteiger partial charge in [0.05, 0.1) is 5.69 Å². The van der Waals surface area contributed by atoms with Crippen molar-refractivity contribution < 1.29 is 4.79 Å². The van der Waals surface area contributed by atoms with Gasteiger partial charge in [-0.2, -0.15) is 5.10 Å². The number of nitrogens with one attached hydrogen (secondary N) is 1. The zero-order chi connectivity index (χ0) is 14.5. The molecule has 0 saturated heterocycles. The van der Waals surface area contributed by atoms with Gasteiger partial charge in [-0.1, -0.05) is 13.0 Å². The van der Waals surface area contributed by atoms with Gasteiger partial charge in [0.25, 0.3) is 5.91 Å². The highest BCUT2D eigenvalue weighted by Crippen LogP contribution is 2.07. The Morgan fingerprint density at radius 3 is 2.85 bits per heavy atom. The van der Waals surface area contributed by atoms with Crippen LogP contribution in [0.15, 0.2) is 24.5 Å². The van der Waals surface area contributed by atoms with Crippen LogP contribution in [0.1, 0.15) is 34.2 Å². The monoisotopic (exact) mass is 273 g/mol. The van der Waals surface area contributed by atoms with Crippen LogP contribution < -0.4 is 11.1 Å². The molecule has 0 radical (unpaired) electrons. The van der Waals surface area contributed by atoms with Crippen LogP contribution in [0.3, 0.4) is 0 Å². The summed E-state index contributed by atoms with van der Waals surface area (Å²) in [5.41, 5.74) is 8.82. The summed E-state index contributed by atoms with van der Waals surface area (Å²) in [5, 5.41) is 7.19. The Bertz CT molecular complexity index is 588. The van der Waals surface area contributed by atoms with Crippen LogP contribution in [0.4, 0.5) is 0 Å². The zero-order valence-electron chi connectivity index (χ0n) is 11.8. The minimum Gasteiger partial charge on any atom is -0.346 e. The second-order valence-corrected chi connectivity index (χ2v) is 4.57. The van der Waals surface area contributed by atoms with Gasteiger partial charge >= 0.3 is 0 Å². The van der Waals surface area contributed by atoms with Gasteiger partial charge in [-0.15, -0.1) is 0 Å². The lowest BCUT2D eigenvalue weighted by atomic mass is 10.2. The molecule has 0 atom stereocenters. The number of nitrogens with zero attached hydrogens (tertiary/aromatic N) is 3. The molecule has 2 aromatic rings. The first-order valence-corrected chi connectivity index (χ1v) is 6.58. The third kappa shape index (κ3) is 3.21. The maximum Gasteiger partial charge on any atom is 0.270 e. The highest BCUT2D eigenvalue weighted by molar-refractivity contribution is 5.92. The molecule has 2 rings (SSSR count). The normalized spacial score (nSPS) is 10.6. The molecule has 20 heavy (non-hydrogen) atoms. The van der Waals surface area contributed by atoms with E-state index < -0.39 is 0 Å². The second kappa shape index (κ2) is 6.29. The van der Waals surface area contributed by atoms with E-state index in [2.05, 4.69) is 15.4 Å². The Kier molecular flexibility index (Phi) is 4.47. The van der Waals surface area contributed by atoms with Crippen molar-refractivity contribution in [2.45, 2.75) is 26.4 Å². The average Bonchev–Trinajstić information content (AvgIpc) is 2.85. The quantitative estimate of drug-likeness (QED) is 0.842. The van der Waals surface area contributed by atoms with Crippen LogP contribution in [-0.2, 0) is 26.6 Å². The molecule has 6 nitrogen and oxygen atoms in total. The number of hydrogen-bond donors (Lipinski definition) is 2. The number of aryl methyl sites for hydroxylation is 2. The average molecular weight is 273 g/mol. The van der Waals surface area contributed by atoms with Gasteiger partial charge in [0.1, 0.15) is 5.69 Å². The van der Waals surface area contributed by atoms with Gasteiger partial charge in [0.2, 0.25) is 0 Å². The lowest BCUT2D eigenvalue weighted by Crippen LogP contribution is -2.24. The Balaban J connectivity index is 2.00. The molecule has 0 fully saturated rings. The van der Waals surface area contributed by atoms with Crippen LogP contribution in [0.2, 0.25) is 0 Å². The molecule has 6 heteroatoms. The third-order valence-electron chi connectivity index (χ3n) is 3.06. The second-order valence-electron chi connectivity index (χ2n) is 4.57. The number of hydrogen-bond acceptors (Lipinski definition) is 4. The zero-order valence-corrected chi connectivity index (χ0v) is 11.8. The van der Waals surface area contributed by atoms with Crippen molar-refractivity contribution in [2.75, 3.05) is 0 Å². The van der Waals surface area contributed by atoms with Gasteiger partial charge < -0.3 is 11.1 Å². The van der Waals surface area contributed by atoms with Gasteiger partial charge in [-0.05, 0) is 18.1 Å². The smallest absolute Gasteiger partial charge is 0.270 e. The van der Waals surface area contributed by atoms with Crippen LogP contribution in [0.5, 0.6) is 0 Å². The molecule has 2 heterocycles. The van der Waals surface area contributed by atoms with Crippen LogP contribution in [-0.4, -0.2) is 20.7 Å². The number of rotatable bonds is 5. The standard InChI is InChI=1S/C14H19N5O/c1-3-12-11(9-19(2)18-12)8-17-14(20)13-5-4-10(6-15)7-16-13/h4-5,7,9H,3,6,8,15H2,1-2H3,(H,17,20). The molecular formula is C14H19N5O. The van der Waals surface area contributed by atoms with E-state index in [1.165, 1.54) is 0 Å². The van der Waals surface area contributed by atoms with E-state index in [-0.39, 0.29) is 5.91 Å². The van der Waals surface area contributed by atoms with Gasteiger partial charge in [0, 0.05) is 38.1 Å². The lowest BCUT2D eigenvalue weighted by molar-refractivity contribution is 0.0946. The van der Waals surface area contributed by atoms with E-state index in [9.17, 15) is 4.79 Å². The Hall–Kier alpha value is -2.21. The molecule has 0 spiro atoms.